The van der Waals surface area contributed by atoms with E-state index in [0.717, 1.165) is 29.4 Å². The van der Waals surface area contributed by atoms with E-state index in [4.69, 9.17) is 15.0 Å². The van der Waals surface area contributed by atoms with Gasteiger partial charge in [-0.15, -0.1) is 24.0 Å². The Kier molecular flexibility index (Phi) is 9.52. The fourth-order valence-corrected chi connectivity index (χ4v) is 2.48. The molecule has 0 fully saturated rings. The highest BCUT2D eigenvalue weighted by atomic mass is 127. The highest BCUT2D eigenvalue weighted by Crippen LogP contribution is 2.18. The van der Waals surface area contributed by atoms with E-state index in [0.29, 0.717) is 18.7 Å². The van der Waals surface area contributed by atoms with Crippen LogP contribution in [0.1, 0.15) is 23.6 Å². The standard InChI is InChI=1S/C20H24N4O.HI/c1-4-22-20(23-14-17-11-9-16(13-21)10-12-17)24(2)15-18-7-5-6-8-19(18)25-3;/h5-12H,4,14-15H2,1-3H3,(H,22,23);1H. The lowest BCUT2D eigenvalue weighted by atomic mass is 10.1. The van der Waals surface area contributed by atoms with Gasteiger partial charge in [0, 0.05) is 25.7 Å². The minimum absolute atomic E-state index is 0. The number of aliphatic imine (C=N–C) groups is 1. The molecular formula is C20H25IN4O. The Morgan fingerprint density at radius 3 is 2.50 bits per heavy atom. The van der Waals surface area contributed by atoms with Crippen molar-refractivity contribution in [2.24, 2.45) is 4.99 Å². The maximum absolute atomic E-state index is 8.87. The second-order valence-corrected chi connectivity index (χ2v) is 5.65. The molecule has 1 N–H and O–H groups in total. The van der Waals surface area contributed by atoms with Gasteiger partial charge in [-0.2, -0.15) is 5.26 Å². The molecule has 6 heteroatoms. The van der Waals surface area contributed by atoms with Crippen molar-refractivity contribution >= 4 is 29.9 Å². The molecule has 0 saturated carbocycles. The van der Waals surface area contributed by atoms with Crippen molar-refractivity contribution < 1.29 is 4.74 Å². The van der Waals surface area contributed by atoms with Crippen LogP contribution in [-0.4, -0.2) is 31.6 Å². The summed E-state index contributed by atoms with van der Waals surface area (Å²) in [7, 11) is 3.69. The third kappa shape index (κ3) is 6.23. The van der Waals surface area contributed by atoms with Crippen LogP contribution in [0.15, 0.2) is 53.5 Å². The van der Waals surface area contributed by atoms with Crippen molar-refractivity contribution in [3.63, 3.8) is 0 Å². The highest BCUT2D eigenvalue weighted by Gasteiger charge is 2.09. The van der Waals surface area contributed by atoms with Gasteiger partial charge < -0.3 is 15.0 Å². The monoisotopic (exact) mass is 464 g/mol. The summed E-state index contributed by atoms with van der Waals surface area (Å²) in [5.41, 5.74) is 2.84. The van der Waals surface area contributed by atoms with E-state index >= 15 is 0 Å². The van der Waals surface area contributed by atoms with Crippen molar-refractivity contribution in [2.45, 2.75) is 20.0 Å². The van der Waals surface area contributed by atoms with Gasteiger partial charge in [0.2, 0.25) is 0 Å². The lowest BCUT2D eigenvalue weighted by Crippen LogP contribution is -2.38. The first kappa shape index (κ1) is 21.8. The van der Waals surface area contributed by atoms with Crippen LogP contribution in [0, 0.1) is 11.3 Å². The van der Waals surface area contributed by atoms with Gasteiger partial charge in [0.05, 0.1) is 25.3 Å². The van der Waals surface area contributed by atoms with Crippen LogP contribution in [0.5, 0.6) is 5.75 Å². The topological polar surface area (TPSA) is 60.7 Å². The molecule has 0 unspecified atom stereocenters. The molecule has 0 aliphatic heterocycles. The van der Waals surface area contributed by atoms with Gasteiger partial charge in [-0.3, -0.25) is 0 Å². The summed E-state index contributed by atoms with van der Waals surface area (Å²) in [5, 5.41) is 12.2. The molecule has 0 aliphatic rings. The minimum atomic E-state index is 0. The Morgan fingerprint density at radius 1 is 1.19 bits per heavy atom. The van der Waals surface area contributed by atoms with Crippen molar-refractivity contribution in [3.8, 4) is 11.8 Å². The Labute approximate surface area is 172 Å². The summed E-state index contributed by atoms with van der Waals surface area (Å²) >= 11 is 0. The van der Waals surface area contributed by atoms with Gasteiger partial charge in [0.1, 0.15) is 5.75 Å². The fourth-order valence-electron chi connectivity index (χ4n) is 2.48. The average molecular weight is 464 g/mol. The van der Waals surface area contributed by atoms with Crippen LogP contribution < -0.4 is 10.1 Å². The molecule has 0 spiro atoms. The second-order valence-electron chi connectivity index (χ2n) is 5.65. The van der Waals surface area contributed by atoms with E-state index in [1.807, 2.05) is 56.4 Å². The van der Waals surface area contributed by atoms with E-state index in [2.05, 4.69) is 22.4 Å². The number of rotatable bonds is 6. The molecular weight excluding hydrogens is 439 g/mol. The van der Waals surface area contributed by atoms with Gasteiger partial charge >= 0.3 is 0 Å². The van der Waals surface area contributed by atoms with Crippen molar-refractivity contribution in [3.05, 3.63) is 65.2 Å². The molecule has 0 amide bonds. The number of para-hydroxylation sites is 1. The summed E-state index contributed by atoms with van der Waals surface area (Å²) < 4.78 is 5.42. The summed E-state index contributed by atoms with van der Waals surface area (Å²) in [4.78, 5) is 6.77. The van der Waals surface area contributed by atoms with E-state index < -0.39 is 0 Å². The van der Waals surface area contributed by atoms with Crippen LogP contribution in [-0.2, 0) is 13.1 Å². The van der Waals surface area contributed by atoms with Gasteiger partial charge in [-0.1, -0.05) is 30.3 Å². The molecule has 0 aliphatic carbocycles. The molecule has 0 atom stereocenters. The molecule has 2 rings (SSSR count). The Hall–Kier alpha value is -2.27. The Morgan fingerprint density at radius 2 is 1.88 bits per heavy atom. The normalized spacial score (nSPS) is 10.5. The molecule has 0 radical (unpaired) electrons. The van der Waals surface area contributed by atoms with E-state index in [9.17, 15) is 0 Å². The van der Waals surface area contributed by atoms with Gasteiger partial charge in [0.15, 0.2) is 5.96 Å². The van der Waals surface area contributed by atoms with Crippen LogP contribution in [0.4, 0.5) is 0 Å². The zero-order chi connectivity index (χ0) is 18.1. The average Bonchev–Trinajstić information content (AvgIpc) is 2.65. The number of nitrogens with one attached hydrogen (secondary N) is 1. The maximum Gasteiger partial charge on any atom is 0.194 e. The largest absolute Gasteiger partial charge is 0.496 e. The Balaban J connectivity index is 0.00000338. The summed E-state index contributed by atoms with van der Waals surface area (Å²) in [6.07, 6.45) is 0. The first-order valence-electron chi connectivity index (χ1n) is 8.28. The SMILES string of the molecule is CCNC(=NCc1ccc(C#N)cc1)N(C)Cc1ccccc1OC.I. The van der Waals surface area contributed by atoms with E-state index in [-0.39, 0.29) is 24.0 Å². The fraction of sp³-hybridized carbons (Fsp3) is 0.300. The molecule has 138 valence electrons. The van der Waals surface area contributed by atoms with Crippen LogP contribution in [0.25, 0.3) is 0 Å². The molecule has 5 nitrogen and oxygen atoms in total. The van der Waals surface area contributed by atoms with E-state index in [1.54, 1.807) is 7.11 Å². The predicted octanol–water partition coefficient (Wildman–Crippen LogP) is 3.78. The predicted molar refractivity (Wildman–Crippen MR) is 116 cm³/mol. The van der Waals surface area contributed by atoms with Crippen molar-refractivity contribution in [1.29, 1.82) is 5.26 Å². The molecule has 2 aromatic carbocycles. The number of benzene rings is 2. The lowest BCUT2D eigenvalue weighted by molar-refractivity contribution is 0.396. The number of methoxy groups -OCH3 is 1. The van der Waals surface area contributed by atoms with E-state index in [1.165, 1.54) is 0 Å². The van der Waals surface area contributed by atoms with Crippen molar-refractivity contribution in [2.75, 3.05) is 20.7 Å². The zero-order valence-electron chi connectivity index (χ0n) is 15.4. The number of nitriles is 1. The van der Waals surface area contributed by atoms with Crippen LogP contribution in [0.2, 0.25) is 0 Å². The molecule has 0 aromatic heterocycles. The number of nitrogens with zero attached hydrogens (tertiary/aromatic N) is 3. The van der Waals surface area contributed by atoms with Crippen molar-refractivity contribution in [1.82, 2.24) is 10.2 Å². The first-order chi connectivity index (χ1) is 12.2. The third-order valence-electron chi connectivity index (χ3n) is 3.79. The Bertz CT molecular complexity index is 753. The molecule has 26 heavy (non-hydrogen) atoms. The molecule has 0 saturated heterocycles. The summed E-state index contributed by atoms with van der Waals surface area (Å²) in [6.45, 7) is 4.10. The minimum Gasteiger partial charge on any atom is -0.496 e. The van der Waals surface area contributed by atoms with Gasteiger partial charge in [-0.05, 0) is 30.7 Å². The number of hydrogen-bond donors (Lipinski definition) is 1. The number of halogens is 1. The number of guanidine groups is 1. The molecule has 0 heterocycles. The van der Waals surface area contributed by atoms with Crippen LogP contribution in [0.3, 0.4) is 0 Å². The highest BCUT2D eigenvalue weighted by molar-refractivity contribution is 14.0. The molecule has 2 aromatic rings. The lowest BCUT2D eigenvalue weighted by Gasteiger charge is -2.23. The maximum atomic E-state index is 8.87. The number of ether oxygens (including phenoxy) is 1. The number of hydrogen-bond acceptors (Lipinski definition) is 3. The third-order valence-corrected chi connectivity index (χ3v) is 3.79. The quantitative estimate of drug-likeness (QED) is 0.402. The molecule has 0 bridgehead atoms. The zero-order valence-corrected chi connectivity index (χ0v) is 17.7. The van der Waals surface area contributed by atoms with Gasteiger partial charge in [-0.25, -0.2) is 4.99 Å². The smallest absolute Gasteiger partial charge is 0.194 e. The summed E-state index contributed by atoms with van der Waals surface area (Å²) in [6, 6.07) is 17.6. The summed E-state index contributed by atoms with van der Waals surface area (Å²) in [5.74, 6) is 1.70. The van der Waals surface area contributed by atoms with Crippen LogP contribution >= 0.6 is 24.0 Å². The second kappa shape index (κ2) is 11.4. The van der Waals surface area contributed by atoms with Gasteiger partial charge in [0.25, 0.3) is 0 Å². The first-order valence-corrected chi connectivity index (χ1v) is 8.28.